The summed E-state index contributed by atoms with van der Waals surface area (Å²) in [6.07, 6.45) is -1.79. The molecule has 1 amide bonds. The number of hydrogen-bond donors (Lipinski definition) is 1. The first-order chi connectivity index (χ1) is 12.9. The Hall–Kier alpha value is -2.97. The van der Waals surface area contributed by atoms with Crippen LogP contribution < -0.4 is 5.32 Å². The molecule has 0 aromatic carbocycles. The van der Waals surface area contributed by atoms with Gasteiger partial charge in [-0.15, -0.1) is 0 Å². The fourth-order valence-corrected chi connectivity index (χ4v) is 2.73. The van der Waals surface area contributed by atoms with E-state index in [1.54, 1.807) is 18.2 Å². The minimum Gasteiger partial charge on any atom is -0.311 e. The number of aromatic nitrogens is 4. The fraction of sp³-hybridized carbons (Fsp3) is 0.333. The third-order valence-corrected chi connectivity index (χ3v) is 3.93. The van der Waals surface area contributed by atoms with Crippen LogP contribution in [0.15, 0.2) is 30.5 Å². The number of nitrogens with zero attached hydrogens (tertiary/aromatic N) is 4. The molecular weight excluding hydrogens is 359 g/mol. The molecule has 27 heavy (non-hydrogen) atoms. The quantitative estimate of drug-likeness (QED) is 0.700. The van der Waals surface area contributed by atoms with E-state index in [1.165, 1.54) is 30.8 Å². The molecule has 0 aliphatic heterocycles. The van der Waals surface area contributed by atoms with Crippen LogP contribution in [0.1, 0.15) is 44.0 Å². The summed E-state index contributed by atoms with van der Waals surface area (Å²) < 4.78 is 41.8. The molecule has 0 bridgehead atoms. The number of fused-ring (bicyclic) bond motifs is 1. The van der Waals surface area contributed by atoms with E-state index in [-0.39, 0.29) is 35.4 Å². The zero-order valence-electron chi connectivity index (χ0n) is 14.8. The van der Waals surface area contributed by atoms with Crippen LogP contribution >= 0.6 is 0 Å². The van der Waals surface area contributed by atoms with Crippen molar-refractivity contribution in [2.75, 3.05) is 12.0 Å². The highest BCUT2D eigenvalue weighted by molar-refractivity contribution is 5.91. The van der Waals surface area contributed by atoms with Crippen molar-refractivity contribution in [3.63, 3.8) is 0 Å². The van der Waals surface area contributed by atoms with Crippen LogP contribution in [0.25, 0.3) is 16.7 Å². The van der Waals surface area contributed by atoms with Crippen LogP contribution in [-0.2, 0) is 4.79 Å². The summed E-state index contributed by atoms with van der Waals surface area (Å²) in [5.41, 5.74) is 0.679. The molecule has 0 radical (unpaired) electrons. The number of alkyl halides is 3. The second-order valence-corrected chi connectivity index (χ2v) is 6.05. The van der Waals surface area contributed by atoms with Crippen molar-refractivity contribution in [1.29, 1.82) is 0 Å². The number of carbonyl (C=O) groups excluding carboxylic acids is 1. The molecule has 9 heteroatoms. The predicted molar refractivity (Wildman–Crippen MR) is 94.9 cm³/mol. The average Bonchev–Trinajstić information content (AvgIpc) is 3.00. The van der Waals surface area contributed by atoms with Gasteiger partial charge in [0.2, 0.25) is 5.91 Å². The zero-order valence-corrected chi connectivity index (χ0v) is 14.8. The molecule has 142 valence electrons. The highest BCUT2D eigenvalue weighted by Crippen LogP contribution is 2.29. The highest BCUT2D eigenvalue weighted by atomic mass is 19.1. The van der Waals surface area contributed by atoms with Gasteiger partial charge in [-0.25, -0.2) is 23.4 Å². The Morgan fingerprint density at radius 1 is 1.33 bits per heavy atom. The van der Waals surface area contributed by atoms with Gasteiger partial charge in [0.15, 0.2) is 5.82 Å². The van der Waals surface area contributed by atoms with E-state index in [2.05, 4.69) is 20.4 Å². The number of halogens is 3. The van der Waals surface area contributed by atoms with Crippen LogP contribution in [0, 0.1) is 0 Å². The van der Waals surface area contributed by atoms with E-state index in [9.17, 15) is 18.0 Å². The minimum atomic E-state index is -1.55. The van der Waals surface area contributed by atoms with Crippen LogP contribution in [0.3, 0.4) is 0 Å². The Balaban J connectivity index is 2.15. The number of pyridine rings is 2. The number of amides is 1. The van der Waals surface area contributed by atoms with Gasteiger partial charge in [-0.05, 0) is 19.1 Å². The van der Waals surface area contributed by atoms with E-state index in [0.29, 0.717) is 10.9 Å². The lowest BCUT2D eigenvalue weighted by Crippen LogP contribution is -2.08. The first-order valence-corrected chi connectivity index (χ1v) is 8.38. The summed E-state index contributed by atoms with van der Waals surface area (Å²) >= 11 is 0. The smallest absolute Gasteiger partial charge is 0.222 e. The number of carbonyl (C=O) groups is 1. The fourth-order valence-electron chi connectivity index (χ4n) is 2.73. The van der Waals surface area contributed by atoms with Gasteiger partial charge >= 0.3 is 0 Å². The molecule has 3 aromatic rings. The van der Waals surface area contributed by atoms with Crippen LogP contribution in [0.4, 0.5) is 19.0 Å². The van der Waals surface area contributed by atoms with Gasteiger partial charge in [0.25, 0.3) is 0 Å². The van der Waals surface area contributed by atoms with Crippen LogP contribution in [0.2, 0.25) is 0 Å². The SMILES string of the molecule is CC(=O)Nc1cc2c(cn1)c(C(C)F)nn2-c1cccc(C(F)CCF)n1. The van der Waals surface area contributed by atoms with E-state index < -0.39 is 19.0 Å². The monoisotopic (exact) mass is 377 g/mol. The van der Waals surface area contributed by atoms with Crippen LogP contribution in [-0.4, -0.2) is 32.3 Å². The summed E-state index contributed by atoms with van der Waals surface area (Å²) in [7, 11) is 0. The summed E-state index contributed by atoms with van der Waals surface area (Å²) in [5.74, 6) is 0.218. The summed E-state index contributed by atoms with van der Waals surface area (Å²) in [6, 6.07) is 6.16. The third-order valence-electron chi connectivity index (χ3n) is 3.93. The topological polar surface area (TPSA) is 72.7 Å². The van der Waals surface area contributed by atoms with E-state index >= 15 is 0 Å². The maximum atomic E-state index is 14.0. The molecule has 0 spiro atoms. The Morgan fingerprint density at radius 3 is 2.78 bits per heavy atom. The number of anilines is 1. The highest BCUT2D eigenvalue weighted by Gasteiger charge is 2.19. The van der Waals surface area contributed by atoms with Crippen molar-refractivity contribution in [2.45, 2.75) is 32.6 Å². The standard InChI is InChI=1S/C18H18F3N5O/c1-10(20)18-12-9-22-16(23-11(2)27)8-15(12)26(25-18)17-5-3-4-14(24-17)13(21)6-7-19/h3-5,8-10,13H,6-7H2,1-2H3,(H,22,23,27). The van der Waals surface area contributed by atoms with Gasteiger partial charge in [0, 0.05) is 31.0 Å². The molecule has 2 unspecified atom stereocenters. The van der Waals surface area contributed by atoms with Crippen LogP contribution in [0.5, 0.6) is 0 Å². The minimum absolute atomic E-state index is 0.0692. The molecule has 0 aliphatic carbocycles. The first kappa shape index (κ1) is 18.8. The van der Waals surface area contributed by atoms with Gasteiger partial charge in [-0.2, -0.15) is 5.10 Å². The molecule has 0 saturated carbocycles. The van der Waals surface area contributed by atoms with E-state index in [0.717, 1.165) is 0 Å². The third kappa shape index (κ3) is 3.91. The largest absolute Gasteiger partial charge is 0.311 e. The summed E-state index contributed by atoms with van der Waals surface area (Å²) in [4.78, 5) is 19.6. The molecule has 3 rings (SSSR count). The Labute approximate surface area is 153 Å². The first-order valence-electron chi connectivity index (χ1n) is 8.38. The Morgan fingerprint density at radius 2 is 2.11 bits per heavy atom. The molecule has 1 N–H and O–H groups in total. The lowest BCUT2D eigenvalue weighted by atomic mass is 10.2. The van der Waals surface area contributed by atoms with Gasteiger partial charge in [-0.3, -0.25) is 9.18 Å². The number of nitrogens with one attached hydrogen (secondary N) is 1. The van der Waals surface area contributed by atoms with Gasteiger partial charge in [0.1, 0.15) is 23.9 Å². The van der Waals surface area contributed by atoms with E-state index in [1.807, 2.05) is 0 Å². The average molecular weight is 377 g/mol. The van der Waals surface area contributed by atoms with Crippen molar-refractivity contribution < 1.29 is 18.0 Å². The van der Waals surface area contributed by atoms with Gasteiger partial charge in [0.05, 0.1) is 17.9 Å². The van der Waals surface area contributed by atoms with Crippen molar-refractivity contribution in [3.05, 3.63) is 41.9 Å². The van der Waals surface area contributed by atoms with Crippen molar-refractivity contribution >= 4 is 22.6 Å². The second-order valence-electron chi connectivity index (χ2n) is 6.05. The molecule has 6 nitrogen and oxygen atoms in total. The molecule has 0 aliphatic rings. The zero-order chi connectivity index (χ0) is 19.6. The van der Waals surface area contributed by atoms with Gasteiger partial charge < -0.3 is 5.32 Å². The molecule has 2 atom stereocenters. The lowest BCUT2D eigenvalue weighted by molar-refractivity contribution is -0.114. The summed E-state index contributed by atoms with van der Waals surface area (Å²) in [5, 5.41) is 7.26. The van der Waals surface area contributed by atoms with Crippen molar-refractivity contribution in [1.82, 2.24) is 19.7 Å². The van der Waals surface area contributed by atoms with Gasteiger partial charge in [-0.1, -0.05) is 6.07 Å². The predicted octanol–water partition coefficient (Wildman–Crippen LogP) is 4.17. The molecule has 3 heterocycles. The summed E-state index contributed by atoms with van der Waals surface area (Å²) in [6.45, 7) is 1.89. The van der Waals surface area contributed by atoms with Crippen molar-refractivity contribution in [2.24, 2.45) is 0 Å². The number of rotatable bonds is 6. The molecule has 0 fully saturated rings. The Kier molecular flexibility index (Phi) is 5.38. The maximum absolute atomic E-state index is 14.0. The molecule has 3 aromatic heterocycles. The number of hydrogen-bond acceptors (Lipinski definition) is 4. The molecule has 0 saturated heterocycles. The maximum Gasteiger partial charge on any atom is 0.222 e. The Bertz CT molecular complexity index is 973. The second kappa shape index (κ2) is 7.73. The lowest BCUT2D eigenvalue weighted by Gasteiger charge is -2.09. The van der Waals surface area contributed by atoms with E-state index in [4.69, 9.17) is 0 Å². The normalized spacial score (nSPS) is 13.5. The van der Waals surface area contributed by atoms with Crippen molar-refractivity contribution in [3.8, 4) is 5.82 Å². The molecular formula is C18H18F3N5O.